The molecule has 3 N–H and O–H groups in total. The van der Waals surface area contributed by atoms with Crippen molar-refractivity contribution in [3.8, 4) is 11.5 Å². The minimum atomic E-state index is -0.607. The second kappa shape index (κ2) is 9.16. The molecule has 2 aromatic carbocycles. The molecule has 26 heavy (non-hydrogen) atoms. The van der Waals surface area contributed by atoms with Gasteiger partial charge in [-0.3, -0.25) is 9.59 Å². The number of carbonyl (C=O) groups excluding carboxylic acids is 2. The van der Waals surface area contributed by atoms with E-state index in [0.29, 0.717) is 23.6 Å². The minimum Gasteiger partial charge on any atom is -0.504 e. The molecule has 2 aromatic rings. The summed E-state index contributed by atoms with van der Waals surface area (Å²) in [5.74, 6) is -1.26. The Balaban J connectivity index is 1.84. The van der Waals surface area contributed by atoms with E-state index in [2.05, 4.69) is 15.8 Å². The van der Waals surface area contributed by atoms with Gasteiger partial charge >= 0.3 is 0 Å². The van der Waals surface area contributed by atoms with E-state index in [9.17, 15) is 19.1 Å². The fourth-order valence-electron chi connectivity index (χ4n) is 1.98. The van der Waals surface area contributed by atoms with Gasteiger partial charge in [0.25, 0.3) is 0 Å². The van der Waals surface area contributed by atoms with E-state index in [1.807, 2.05) is 0 Å². The number of aromatic hydroxyl groups is 1. The van der Waals surface area contributed by atoms with Crippen LogP contribution in [-0.2, 0) is 9.59 Å². The fraction of sp³-hybridized carbons (Fsp3) is 0.167. The predicted octanol–water partition coefficient (Wildman–Crippen LogP) is 2.41. The first-order valence-electron chi connectivity index (χ1n) is 7.81. The molecule has 0 aromatic heterocycles. The number of carbonyl (C=O) groups is 2. The highest BCUT2D eigenvalue weighted by Gasteiger charge is 2.09. The van der Waals surface area contributed by atoms with Crippen molar-refractivity contribution in [2.24, 2.45) is 5.10 Å². The van der Waals surface area contributed by atoms with E-state index in [1.165, 1.54) is 36.5 Å². The van der Waals surface area contributed by atoms with E-state index in [0.717, 1.165) is 0 Å². The molecule has 0 spiro atoms. The summed E-state index contributed by atoms with van der Waals surface area (Å²) in [6.45, 7) is 2.19. The zero-order valence-corrected chi connectivity index (χ0v) is 14.0. The Labute approximate surface area is 149 Å². The smallest absolute Gasteiger partial charge is 0.249 e. The van der Waals surface area contributed by atoms with E-state index < -0.39 is 24.1 Å². The lowest BCUT2D eigenvalue weighted by molar-refractivity contribution is -0.126. The summed E-state index contributed by atoms with van der Waals surface area (Å²) in [6.07, 6.45) is 0.923. The van der Waals surface area contributed by atoms with Crippen molar-refractivity contribution < 1.29 is 23.8 Å². The molecular formula is C18H18FN3O4. The van der Waals surface area contributed by atoms with Crippen molar-refractivity contribution >= 4 is 23.7 Å². The number of ether oxygens (including phenoxy) is 1. The molecule has 0 saturated heterocycles. The number of hydrogen-bond acceptors (Lipinski definition) is 5. The molecule has 0 aliphatic carbocycles. The summed E-state index contributed by atoms with van der Waals surface area (Å²) >= 11 is 0. The van der Waals surface area contributed by atoms with Gasteiger partial charge in [0, 0.05) is 5.69 Å². The Hall–Kier alpha value is -3.42. The Kier molecular flexibility index (Phi) is 6.67. The lowest BCUT2D eigenvalue weighted by Crippen LogP contribution is -2.24. The maximum Gasteiger partial charge on any atom is 0.249 e. The maximum atomic E-state index is 12.8. The molecular weight excluding hydrogens is 341 g/mol. The molecule has 7 nitrogen and oxygen atoms in total. The molecule has 0 radical (unpaired) electrons. The van der Waals surface area contributed by atoms with Gasteiger partial charge in [0.1, 0.15) is 12.2 Å². The van der Waals surface area contributed by atoms with E-state index >= 15 is 0 Å². The van der Waals surface area contributed by atoms with Crippen molar-refractivity contribution in [2.45, 2.75) is 13.3 Å². The number of benzene rings is 2. The summed E-state index contributed by atoms with van der Waals surface area (Å²) < 4.78 is 18.0. The van der Waals surface area contributed by atoms with Crippen molar-refractivity contribution in [2.75, 3.05) is 11.9 Å². The van der Waals surface area contributed by atoms with Gasteiger partial charge < -0.3 is 15.2 Å². The van der Waals surface area contributed by atoms with Gasteiger partial charge in [0.05, 0.1) is 12.8 Å². The van der Waals surface area contributed by atoms with Crippen LogP contribution in [0.1, 0.15) is 18.9 Å². The highest BCUT2D eigenvalue weighted by molar-refractivity contribution is 6.03. The molecule has 0 aliphatic rings. The number of amides is 2. The number of hydrazone groups is 1. The van der Waals surface area contributed by atoms with Gasteiger partial charge in [-0.25, -0.2) is 9.82 Å². The highest BCUT2D eigenvalue weighted by Crippen LogP contribution is 2.26. The predicted molar refractivity (Wildman–Crippen MR) is 94.7 cm³/mol. The number of phenols is 1. The molecule has 0 saturated carbocycles. The van der Waals surface area contributed by atoms with Gasteiger partial charge in [-0.15, -0.1) is 0 Å². The third-order valence-electron chi connectivity index (χ3n) is 3.14. The van der Waals surface area contributed by atoms with Gasteiger partial charge in [0.15, 0.2) is 11.5 Å². The average molecular weight is 359 g/mol. The second-order valence-electron chi connectivity index (χ2n) is 5.19. The van der Waals surface area contributed by atoms with Crippen LogP contribution >= 0.6 is 0 Å². The minimum absolute atomic E-state index is 0.00509. The normalized spacial score (nSPS) is 10.5. The summed E-state index contributed by atoms with van der Waals surface area (Å²) in [5.41, 5.74) is 3.22. The van der Waals surface area contributed by atoms with Crippen LogP contribution < -0.4 is 15.5 Å². The van der Waals surface area contributed by atoms with Crippen LogP contribution in [0.3, 0.4) is 0 Å². The number of anilines is 1. The molecule has 0 unspecified atom stereocenters. The van der Waals surface area contributed by atoms with E-state index in [4.69, 9.17) is 4.74 Å². The fourth-order valence-corrected chi connectivity index (χ4v) is 1.98. The SMILES string of the molecule is CCOc1cc(/C=N/NC(=O)CC(=O)Nc2ccc(F)cc2)ccc1O. The van der Waals surface area contributed by atoms with Crippen LogP contribution in [0.4, 0.5) is 10.1 Å². The number of nitrogens with one attached hydrogen (secondary N) is 2. The van der Waals surface area contributed by atoms with Crippen LogP contribution in [0.25, 0.3) is 0 Å². The van der Waals surface area contributed by atoms with Gasteiger partial charge in [0.2, 0.25) is 11.8 Å². The lowest BCUT2D eigenvalue weighted by Gasteiger charge is -2.06. The molecule has 2 amide bonds. The Morgan fingerprint density at radius 2 is 1.92 bits per heavy atom. The van der Waals surface area contributed by atoms with E-state index in [1.54, 1.807) is 19.1 Å². The molecule has 0 atom stereocenters. The number of nitrogens with zero attached hydrogens (tertiary/aromatic N) is 1. The molecule has 136 valence electrons. The number of phenolic OH excluding ortho intramolecular Hbond substituents is 1. The zero-order chi connectivity index (χ0) is 18.9. The molecule has 0 heterocycles. The second-order valence-corrected chi connectivity index (χ2v) is 5.19. The van der Waals surface area contributed by atoms with Crippen molar-refractivity contribution in [1.82, 2.24) is 5.43 Å². The maximum absolute atomic E-state index is 12.8. The molecule has 0 aliphatic heterocycles. The standard InChI is InChI=1S/C18H18FN3O4/c1-2-26-16-9-12(3-8-15(16)23)11-20-22-18(25)10-17(24)21-14-6-4-13(19)5-7-14/h3-9,11,23H,2,10H2,1H3,(H,21,24)(H,22,25)/b20-11+. The molecule has 0 fully saturated rings. The van der Waals surface area contributed by atoms with Crippen LogP contribution in [0.5, 0.6) is 11.5 Å². The largest absolute Gasteiger partial charge is 0.504 e. The summed E-state index contributed by atoms with van der Waals surface area (Å²) in [6, 6.07) is 9.80. The van der Waals surface area contributed by atoms with Crippen molar-refractivity contribution in [1.29, 1.82) is 0 Å². The van der Waals surface area contributed by atoms with Crippen LogP contribution in [0.15, 0.2) is 47.6 Å². The number of hydrogen-bond donors (Lipinski definition) is 3. The van der Waals surface area contributed by atoms with Gasteiger partial charge in [-0.1, -0.05) is 0 Å². The Bertz CT molecular complexity index is 807. The third kappa shape index (κ3) is 5.90. The van der Waals surface area contributed by atoms with Crippen LogP contribution in [0.2, 0.25) is 0 Å². The van der Waals surface area contributed by atoms with Crippen molar-refractivity contribution in [3.63, 3.8) is 0 Å². The first kappa shape index (κ1) is 18.9. The molecule has 8 heteroatoms. The van der Waals surface area contributed by atoms with Crippen molar-refractivity contribution in [3.05, 3.63) is 53.8 Å². The zero-order valence-electron chi connectivity index (χ0n) is 14.0. The first-order valence-corrected chi connectivity index (χ1v) is 7.81. The topological polar surface area (TPSA) is 100 Å². The molecule has 2 rings (SSSR count). The van der Waals surface area contributed by atoms with Gasteiger partial charge in [-0.05, 0) is 55.0 Å². The van der Waals surface area contributed by atoms with Crippen LogP contribution in [0, 0.1) is 5.82 Å². The van der Waals surface area contributed by atoms with Gasteiger partial charge in [-0.2, -0.15) is 5.10 Å². The quantitative estimate of drug-likeness (QED) is 0.401. The summed E-state index contributed by atoms with van der Waals surface area (Å²) in [5, 5.41) is 15.8. The third-order valence-corrected chi connectivity index (χ3v) is 3.14. The number of rotatable bonds is 7. The number of halogens is 1. The first-order chi connectivity index (χ1) is 12.5. The highest BCUT2D eigenvalue weighted by atomic mass is 19.1. The summed E-state index contributed by atoms with van der Waals surface area (Å²) in [4.78, 5) is 23.4. The Morgan fingerprint density at radius 1 is 1.19 bits per heavy atom. The average Bonchev–Trinajstić information content (AvgIpc) is 2.60. The molecule has 0 bridgehead atoms. The van der Waals surface area contributed by atoms with E-state index in [-0.39, 0.29) is 5.75 Å². The lowest BCUT2D eigenvalue weighted by atomic mass is 10.2. The van der Waals surface area contributed by atoms with Crippen LogP contribution in [-0.4, -0.2) is 29.7 Å². The summed E-state index contributed by atoms with van der Waals surface area (Å²) in [7, 11) is 0. The monoisotopic (exact) mass is 359 g/mol. The Morgan fingerprint density at radius 3 is 2.62 bits per heavy atom.